The van der Waals surface area contributed by atoms with Gasteiger partial charge in [-0.25, -0.2) is 0 Å². The Kier molecular flexibility index (Phi) is 5.82. The molecular formula is C26H21N3O3. The van der Waals surface area contributed by atoms with Crippen molar-refractivity contribution in [3.05, 3.63) is 102 Å². The number of hydrogen-bond acceptors (Lipinski definition) is 5. The van der Waals surface area contributed by atoms with Crippen LogP contribution in [0.3, 0.4) is 0 Å². The van der Waals surface area contributed by atoms with Gasteiger partial charge in [0.15, 0.2) is 5.41 Å². The highest BCUT2D eigenvalue weighted by Gasteiger charge is 2.49. The average molecular weight is 423 g/mol. The molecule has 0 fully saturated rings. The number of para-hydroxylation sites is 2. The van der Waals surface area contributed by atoms with E-state index in [4.69, 9.17) is 4.74 Å². The number of benzene rings is 2. The summed E-state index contributed by atoms with van der Waals surface area (Å²) in [7, 11) is 1.54. The highest BCUT2D eigenvalue weighted by atomic mass is 16.5. The van der Waals surface area contributed by atoms with E-state index in [2.05, 4.69) is 16.0 Å². The third-order valence-corrected chi connectivity index (χ3v) is 5.72. The molecule has 2 aromatic carbocycles. The van der Waals surface area contributed by atoms with Crippen molar-refractivity contribution >= 4 is 16.9 Å². The average Bonchev–Trinajstić information content (AvgIpc) is 2.84. The van der Waals surface area contributed by atoms with Crippen molar-refractivity contribution in [2.45, 2.75) is 12.3 Å². The molecule has 2 atom stereocenters. The fraction of sp³-hybridized carbons (Fsp3) is 0.154. The molecule has 6 nitrogen and oxygen atoms in total. The first-order chi connectivity index (χ1) is 15.6. The number of hydrogen-bond donors (Lipinski definition) is 1. The first kappa shape index (κ1) is 21.0. The molecule has 0 aliphatic heterocycles. The van der Waals surface area contributed by atoms with Gasteiger partial charge in [-0.3, -0.25) is 14.8 Å². The van der Waals surface area contributed by atoms with Gasteiger partial charge in [0.25, 0.3) is 0 Å². The van der Waals surface area contributed by atoms with Crippen LogP contribution >= 0.6 is 0 Å². The smallest absolute Gasteiger partial charge is 0.325 e. The normalized spacial score (nSPS) is 13.6. The molecule has 2 heterocycles. The summed E-state index contributed by atoms with van der Waals surface area (Å²) < 4.78 is 5.60. The van der Waals surface area contributed by atoms with Crippen molar-refractivity contribution in [3.8, 4) is 11.8 Å². The number of carbonyl (C=O) groups is 1. The van der Waals surface area contributed by atoms with E-state index in [9.17, 15) is 15.2 Å². The SMILES string of the molecule is COc1ccccc1C(c1ccnc2ccccc12)C(C#N)(Cc1cccnc1)C(=O)O. The number of nitrogens with zero attached hydrogens (tertiary/aromatic N) is 3. The van der Waals surface area contributed by atoms with Gasteiger partial charge in [-0.15, -0.1) is 0 Å². The molecule has 4 rings (SSSR count). The van der Waals surface area contributed by atoms with Crippen LogP contribution in [0.15, 0.2) is 85.3 Å². The molecule has 0 radical (unpaired) electrons. The lowest BCUT2D eigenvalue weighted by Crippen LogP contribution is -2.39. The van der Waals surface area contributed by atoms with Gasteiger partial charge in [-0.2, -0.15) is 5.26 Å². The lowest BCUT2D eigenvalue weighted by Gasteiger charge is -2.33. The lowest BCUT2D eigenvalue weighted by atomic mass is 9.66. The maximum Gasteiger partial charge on any atom is 0.325 e. The van der Waals surface area contributed by atoms with Crippen LogP contribution in [0.25, 0.3) is 10.9 Å². The van der Waals surface area contributed by atoms with Crippen LogP contribution in [0.2, 0.25) is 0 Å². The second-order valence-electron chi connectivity index (χ2n) is 7.52. The van der Waals surface area contributed by atoms with Crippen LogP contribution in [0.1, 0.15) is 22.6 Å². The number of pyridine rings is 2. The third-order valence-electron chi connectivity index (χ3n) is 5.72. The Morgan fingerprint density at radius 2 is 1.84 bits per heavy atom. The number of ether oxygens (including phenoxy) is 1. The minimum absolute atomic E-state index is 0.0218. The van der Waals surface area contributed by atoms with Crippen molar-refractivity contribution in [2.24, 2.45) is 5.41 Å². The Bertz CT molecular complexity index is 1300. The Morgan fingerprint density at radius 3 is 2.56 bits per heavy atom. The number of nitriles is 1. The summed E-state index contributed by atoms with van der Waals surface area (Å²) in [5.41, 5.74) is 0.896. The monoisotopic (exact) mass is 423 g/mol. The summed E-state index contributed by atoms with van der Waals surface area (Å²) in [6.45, 7) is 0. The van der Waals surface area contributed by atoms with E-state index in [0.29, 0.717) is 22.4 Å². The highest BCUT2D eigenvalue weighted by molar-refractivity contribution is 5.87. The van der Waals surface area contributed by atoms with Crippen molar-refractivity contribution in [1.82, 2.24) is 9.97 Å². The molecule has 32 heavy (non-hydrogen) atoms. The van der Waals surface area contributed by atoms with E-state index in [1.165, 1.54) is 7.11 Å². The van der Waals surface area contributed by atoms with Crippen molar-refractivity contribution in [2.75, 3.05) is 7.11 Å². The molecule has 0 amide bonds. The number of carboxylic acids is 1. The van der Waals surface area contributed by atoms with Gasteiger partial charge < -0.3 is 9.84 Å². The van der Waals surface area contributed by atoms with Crippen LogP contribution in [0.4, 0.5) is 0 Å². The second kappa shape index (κ2) is 8.86. The summed E-state index contributed by atoms with van der Waals surface area (Å²) >= 11 is 0. The van der Waals surface area contributed by atoms with Crippen molar-refractivity contribution in [1.29, 1.82) is 5.26 Å². The quantitative estimate of drug-likeness (QED) is 0.466. The Morgan fingerprint density at radius 1 is 1.06 bits per heavy atom. The molecule has 0 saturated heterocycles. The molecule has 158 valence electrons. The minimum Gasteiger partial charge on any atom is -0.496 e. The maximum absolute atomic E-state index is 12.9. The highest BCUT2D eigenvalue weighted by Crippen LogP contribution is 2.48. The van der Waals surface area contributed by atoms with E-state index in [-0.39, 0.29) is 6.42 Å². The Balaban J connectivity index is 2.06. The largest absolute Gasteiger partial charge is 0.496 e. The van der Waals surface area contributed by atoms with E-state index in [0.717, 1.165) is 10.9 Å². The number of aliphatic carboxylic acids is 1. The maximum atomic E-state index is 12.9. The molecular weight excluding hydrogens is 402 g/mol. The van der Waals surface area contributed by atoms with Gasteiger partial charge in [0.05, 0.1) is 18.7 Å². The van der Waals surface area contributed by atoms with Gasteiger partial charge in [0.2, 0.25) is 0 Å². The van der Waals surface area contributed by atoms with Gasteiger partial charge in [0, 0.05) is 41.9 Å². The standard InChI is InChI=1S/C26H21N3O3/c1-32-23-11-5-3-9-21(23)24(20-12-14-29-22-10-4-2-8-19(20)22)26(17-27,25(30)31)15-18-7-6-13-28-16-18/h2-14,16,24H,15H2,1H3,(H,30,31). The van der Waals surface area contributed by atoms with Crippen LogP contribution in [-0.4, -0.2) is 28.2 Å². The van der Waals surface area contributed by atoms with E-state index >= 15 is 0 Å². The molecule has 4 aromatic rings. The molecule has 1 N–H and O–H groups in total. The minimum atomic E-state index is -1.82. The third kappa shape index (κ3) is 3.65. The number of fused-ring (bicyclic) bond motifs is 1. The second-order valence-corrected chi connectivity index (χ2v) is 7.52. The predicted molar refractivity (Wildman–Crippen MR) is 120 cm³/mol. The van der Waals surface area contributed by atoms with E-state index in [1.54, 1.807) is 42.9 Å². The molecule has 0 aliphatic carbocycles. The summed E-state index contributed by atoms with van der Waals surface area (Å²) in [5.74, 6) is -1.51. The molecule has 6 heteroatoms. The summed E-state index contributed by atoms with van der Waals surface area (Å²) in [6, 6.07) is 22.2. The van der Waals surface area contributed by atoms with Gasteiger partial charge >= 0.3 is 5.97 Å². The van der Waals surface area contributed by atoms with Crippen LogP contribution < -0.4 is 4.74 Å². The predicted octanol–water partition coefficient (Wildman–Crippen LogP) is 4.61. The fourth-order valence-electron chi connectivity index (χ4n) is 4.25. The van der Waals surface area contributed by atoms with Gasteiger partial charge in [-0.1, -0.05) is 42.5 Å². The van der Waals surface area contributed by atoms with Gasteiger partial charge in [0.1, 0.15) is 5.75 Å². The first-order valence-corrected chi connectivity index (χ1v) is 10.1. The van der Waals surface area contributed by atoms with E-state index < -0.39 is 17.3 Å². The number of methoxy groups -OCH3 is 1. The molecule has 0 bridgehead atoms. The van der Waals surface area contributed by atoms with Crippen LogP contribution in [0.5, 0.6) is 5.75 Å². The Labute approximate surface area is 185 Å². The first-order valence-electron chi connectivity index (χ1n) is 10.1. The fourth-order valence-corrected chi connectivity index (χ4v) is 4.25. The molecule has 0 aliphatic rings. The zero-order chi connectivity index (χ0) is 22.6. The van der Waals surface area contributed by atoms with Crippen LogP contribution in [-0.2, 0) is 11.2 Å². The number of carboxylic acid groups (broad SMARTS) is 1. The summed E-state index contributed by atoms with van der Waals surface area (Å²) in [6.07, 6.45) is 4.84. The van der Waals surface area contributed by atoms with Crippen LogP contribution in [0, 0.1) is 16.7 Å². The van der Waals surface area contributed by atoms with E-state index in [1.807, 2.05) is 42.5 Å². The lowest BCUT2D eigenvalue weighted by molar-refractivity contribution is -0.146. The zero-order valence-electron chi connectivity index (χ0n) is 17.5. The molecule has 2 aromatic heterocycles. The van der Waals surface area contributed by atoms with Gasteiger partial charge in [-0.05, 0) is 35.4 Å². The number of rotatable bonds is 7. The zero-order valence-corrected chi connectivity index (χ0v) is 17.5. The Hall–Kier alpha value is -4.24. The summed E-state index contributed by atoms with van der Waals surface area (Å²) in [5, 5.41) is 21.7. The summed E-state index contributed by atoms with van der Waals surface area (Å²) in [4.78, 5) is 21.4. The van der Waals surface area contributed by atoms with Crippen molar-refractivity contribution in [3.63, 3.8) is 0 Å². The number of aromatic nitrogens is 2. The molecule has 2 unspecified atom stereocenters. The van der Waals surface area contributed by atoms with Crippen molar-refractivity contribution < 1.29 is 14.6 Å². The topological polar surface area (TPSA) is 96.1 Å². The molecule has 0 spiro atoms. The molecule has 0 saturated carbocycles.